The lowest BCUT2D eigenvalue weighted by Crippen LogP contribution is -2.12. The highest BCUT2D eigenvalue weighted by molar-refractivity contribution is 7.86. The molecule has 0 saturated heterocycles. The van der Waals surface area contributed by atoms with Crippen LogP contribution in [-0.2, 0) is 10.1 Å². The van der Waals surface area contributed by atoms with Crippen molar-refractivity contribution >= 4 is 16.2 Å². The van der Waals surface area contributed by atoms with Crippen LogP contribution in [0, 0.1) is 0 Å². The van der Waals surface area contributed by atoms with Crippen LogP contribution in [0.4, 0.5) is 0 Å². The molecule has 0 aliphatic rings. The first-order valence-corrected chi connectivity index (χ1v) is 6.04. The average Bonchev–Trinajstić information content (AvgIpc) is 2.17. The molecule has 0 bridgehead atoms. The normalized spacial score (nSPS) is 13.5. The van der Waals surface area contributed by atoms with E-state index < -0.39 is 15.4 Å². The molecule has 1 heterocycles. The second-order valence-electron chi connectivity index (χ2n) is 3.09. The second kappa shape index (κ2) is 4.55. The van der Waals surface area contributed by atoms with Crippen molar-refractivity contribution in [1.82, 2.24) is 4.98 Å². The minimum atomic E-state index is -4.09. The summed E-state index contributed by atoms with van der Waals surface area (Å²) in [6.07, 6.45) is 3.33. The summed E-state index contributed by atoms with van der Waals surface area (Å²) in [4.78, 5) is 3.99. The predicted octanol–water partition coefficient (Wildman–Crippen LogP) is 2.06. The summed E-state index contributed by atoms with van der Waals surface area (Å²) in [5, 5.41) is -0.931. The fraction of sp³-hybridized carbons (Fsp3) is 0.300. The second-order valence-corrected chi connectivity index (χ2v) is 4.69. The van der Waals surface area contributed by atoms with E-state index in [-0.39, 0.29) is 0 Å². The molecule has 82 valence electrons. The van der Waals surface area contributed by atoms with Gasteiger partial charge in [-0.15, -0.1) is 0 Å². The standard InChI is InChI=1S/C10H13NO3S/c1-3-9-8(6-5-7-11-9)10(4-2)15(12,13)14/h3,5-7,10H,1,4H2,2H3,(H,12,13,14). The molecule has 0 aliphatic carbocycles. The number of hydrogen-bond acceptors (Lipinski definition) is 3. The van der Waals surface area contributed by atoms with Crippen LogP contribution in [0.25, 0.3) is 6.08 Å². The minimum Gasteiger partial charge on any atom is -0.285 e. The molecule has 1 atom stereocenters. The van der Waals surface area contributed by atoms with Gasteiger partial charge < -0.3 is 0 Å². The minimum absolute atomic E-state index is 0.297. The van der Waals surface area contributed by atoms with E-state index in [1.165, 1.54) is 6.08 Å². The third kappa shape index (κ3) is 2.64. The van der Waals surface area contributed by atoms with Crippen molar-refractivity contribution in [2.45, 2.75) is 18.6 Å². The van der Waals surface area contributed by atoms with Crippen molar-refractivity contribution < 1.29 is 13.0 Å². The van der Waals surface area contributed by atoms with Gasteiger partial charge in [0, 0.05) is 6.20 Å². The lowest BCUT2D eigenvalue weighted by Gasteiger charge is -2.13. The molecule has 0 aromatic carbocycles. The number of pyridine rings is 1. The van der Waals surface area contributed by atoms with Gasteiger partial charge in [0.2, 0.25) is 0 Å². The first kappa shape index (κ1) is 11.9. The van der Waals surface area contributed by atoms with Crippen molar-refractivity contribution in [2.75, 3.05) is 0 Å². The van der Waals surface area contributed by atoms with Gasteiger partial charge in [-0.1, -0.05) is 19.6 Å². The quantitative estimate of drug-likeness (QED) is 0.799. The molecule has 15 heavy (non-hydrogen) atoms. The van der Waals surface area contributed by atoms with E-state index >= 15 is 0 Å². The lowest BCUT2D eigenvalue weighted by molar-refractivity contribution is 0.466. The molecule has 0 amide bonds. The lowest BCUT2D eigenvalue weighted by atomic mass is 10.1. The van der Waals surface area contributed by atoms with E-state index in [9.17, 15) is 8.42 Å². The molecule has 0 saturated carbocycles. The number of nitrogens with zero attached hydrogens (tertiary/aromatic N) is 1. The molecule has 1 aromatic rings. The fourth-order valence-corrected chi connectivity index (χ4v) is 2.41. The molecule has 1 rings (SSSR count). The van der Waals surface area contributed by atoms with Crippen LogP contribution >= 0.6 is 0 Å². The van der Waals surface area contributed by atoms with E-state index in [2.05, 4.69) is 11.6 Å². The van der Waals surface area contributed by atoms with Crippen LogP contribution in [-0.4, -0.2) is 18.0 Å². The molecule has 1 N–H and O–H groups in total. The van der Waals surface area contributed by atoms with Crippen LogP contribution < -0.4 is 0 Å². The summed E-state index contributed by atoms with van der Waals surface area (Å²) < 4.78 is 31.3. The SMILES string of the molecule is C=Cc1ncccc1C(CC)S(=O)(=O)O. The van der Waals surface area contributed by atoms with Crippen molar-refractivity contribution in [3.05, 3.63) is 36.2 Å². The molecule has 0 fully saturated rings. The van der Waals surface area contributed by atoms with Crippen LogP contribution in [0.3, 0.4) is 0 Å². The van der Waals surface area contributed by atoms with Crippen LogP contribution in [0.1, 0.15) is 29.9 Å². The molecule has 5 heteroatoms. The Morgan fingerprint density at radius 3 is 2.80 bits per heavy atom. The maximum absolute atomic E-state index is 11.1. The Labute approximate surface area is 89.4 Å². The van der Waals surface area contributed by atoms with E-state index in [1.54, 1.807) is 25.3 Å². The molecule has 0 radical (unpaired) electrons. The predicted molar refractivity (Wildman–Crippen MR) is 58.9 cm³/mol. The molecule has 0 aliphatic heterocycles. The van der Waals surface area contributed by atoms with Crippen molar-refractivity contribution in [1.29, 1.82) is 0 Å². The van der Waals surface area contributed by atoms with Gasteiger partial charge in [-0.3, -0.25) is 9.54 Å². The Morgan fingerprint density at radius 1 is 1.67 bits per heavy atom. The molecular weight excluding hydrogens is 214 g/mol. The Hall–Kier alpha value is -1.20. The van der Waals surface area contributed by atoms with Gasteiger partial charge in [-0.25, -0.2) is 0 Å². The zero-order chi connectivity index (χ0) is 11.5. The van der Waals surface area contributed by atoms with Crippen molar-refractivity contribution in [3.8, 4) is 0 Å². The van der Waals surface area contributed by atoms with Gasteiger partial charge >= 0.3 is 0 Å². The van der Waals surface area contributed by atoms with E-state index in [0.717, 1.165) is 0 Å². The van der Waals surface area contributed by atoms with Crippen LogP contribution in [0.15, 0.2) is 24.9 Å². The highest BCUT2D eigenvalue weighted by Crippen LogP contribution is 2.27. The Bertz CT molecular complexity index is 453. The Morgan fingerprint density at radius 2 is 2.33 bits per heavy atom. The zero-order valence-electron chi connectivity index (χ0n) is 8.42. The van der Waals surface area contributed by atoms with Crippen molar-refractivity contribution in [2.24, 2.45) is 0 Å². The molecule has 4 nitrogen and oxygen atoms in total. The topological polar surface area (TPSA) is 67.3 Å². The van der Waals surface area contributed by atoms with E-state index in [0.29, 0.717) is 17.7 Å². The smallest absolute Gasteiger partial charge is 0.272 e. The average molecular weight is 227 g/mol. The van der Waals surface area contributed by atoms with E-state index in [4.69, 9.17) is 4.55 Å². The Kier molecular flexibility index (Phi) is 3.60. The number of aromatic nitrogens is 1. The summed E-state index contributed by atoms with van der Waals surface area (Å²) in [5.41, 5.74) is 0.972. The first-order valence-electron chi connectivity index (χ1n) is 4.54. The highest BCUT2D eigenvalue weighted by atomic mass is 32.2. The molecule has 0 spiro atoms. The van der Waals surface area contributed by atoms with Gasteiger partial charge in [0.15, 0.2) is 0 Å². The summed E-state index contributed by atoms with van der Waals surface area (Å²) >= 11 is 0. The summed E-state index contributed by atoms with van der Waals surface area (Å²) in [5.74, 6) is 0. The third-order valence-electron chi connectivity index (χ3n) is 2.14. The number of rotatable bonds is 4. The van der Waals surface area contributed by atoms with Gasteiger partial charge in [0.1, 0.15) is 5.25 Å². The summed E-state index contributed by atoms with van der Waals surface area (Å²) in [6.45, 7) is 5.24. The van der Waals surface area contributed by atoms with Crippen LogP contribution in [0.5, 0.6) is 0 Å². The summed E-state index contributed by atoms with van der Waals surface area (Å²) in [6, 6.07) is 3.27. The Balaban J connectivity index is 3.30. The van der Waals surface area contributed by atoms with Gasteiger partial charge in [0.05, 0.1) is 5.69 Å². The largest absolute Gasteiger partial charge is 0.285 e. The maximum atomic E-state index is 11.1. The monoisotopic (exact) mass is 227 g/mol. The third-order valence-corrected chi connectivity index (χ3v) is 3.45. The van der Waals surface area contributed by atoms with Gasteiger partial charge in [0.25, 0.3) is 10.1 Å². The van der Waals surface area contributed by atoms with Crippen molar-refractivity contribution in [3.63, 3.8) is 0 Å². The first-order chi connectivity index (χ1) is 7.00. The van der Waals surface area contributed by atoms with E-state index in [1.807, 2.05) is 0 Å². The maximum Gasteiger partial charge on any atom is 0.272 e. The fourth-order valence-electron chi connectivity index (χ4n) is 1.46. The zero-order valence-corrected chi connectivity index (χ0v) is 9.24. The number of hydrogen-bond donors (Lipinski definition) is 1. The van der Waals surface area contributed by atoms with Crippen LogP contribution in [0.2, 0.25) is 0 Å². The van der Waals surface area contributed by atoms with Gasteiger partial charge in [-0.2, -0.15) is 8.42 Å². The van der Waals surface area contributed by atoms with Gasteiger partial charge in [-0.05, 0) is 24.1 Å². The molecule has 1 unspecified atom stereocenters. The molecular formula is C10H13NO3S. The summed E-state index contributed by atoms with van der Waals surface area (Å²) in [7, 11) is -4.09. The molecule has 1 aromatic heterocycles. The highest BCUT2D eigenvalue weighted by Gasteiger charge is 2.25.